The molecule has 3 rings (SSSR count). The molecule has 0 radical (unpaired) electrons. The molecule has 1 saturated carbocycles. The first-order chi connectivity index (χ1) is 9.14. The molecule has 0 bridgehead atoms. The number of aliphatic carboxylic acids is 1. The van der Waals surface area contributed by atoms with Crippen molar-refractivity contribution >= 4 is 22.6 Å². The lowest BCUT2D eigenvalue weighted by atomic mass is 9.83. The van der Waals surface area contributed by atoms with Crippen molar-refractivity contribution in [3.8, 4) is 0 Å². The Bertz CT molecular complexity index is 486. The normalized spacial score (nSPS) is 26.9. The van der Waals surface area contributed by atoms with Crippen LogP contribution in [-0.2, 0) is 4.79 Å². The number of aromatic nitrogens is 2. The summed E-state index contributed by atoms with van der Waals surface area (Å²) in [6.45, 7) is 3.41. The van der Waals surface area contributed by atoms with E-state index < -0.39 is 11.4 Å². The van der Waals surface area contributed by atoms with Gasteiger partial charge in [0.15, 0.2) is 0 Å². The molecule has 1 aromatic rings. The third-order valence-electron chi connectivity index (χ3n) is 4.18. The Morgan fingerprint density at radius 1 is 1.58 bits per heavy atom. The van der Waals surface area contributed by atoms with Crippen LogP contribution in [0.5, 0.6) is 0 Å². The monoisotopic (exact) mass is 281 g/mol. The molecular formula is C13H19N3O2S. The van der Waals surface area contributed by atoms with E-state index in [0.717, 1.165) is 30.3 Å². The summed E-state index contributed by atoms with van der Waals surface area (Å²) in [4.78, 5) is 18.2. The van der Waals surface area contributed by atoms with Gasteiger partial charge in [-0.2, -0.15) is 4.37 Å². The zero-order chi connectivity index (χ0) is 13.5. The van der Waals surface area contributed by atoms with Crippen molar-refractivity contribution in [1.82, 2.24) is 9.36 Å². The number of hydrogen-bond acceptors (Lipinski definition) is 5. The van der Waals surface area contributed by atoms with Gasteiger partial charge in [0.25, 0.3) is 0 Å². The van der Waals surface area contributed by atoms with Gasteiger partial charge in [-0.25, -0.2) is 4.98 Å². The fraction of sp³-hybridized carbons (Fsp3) is 0.769. The maximum Gasteiger partial charge on any atom is 0.311 e. The number of hydrogen-bond donors (Lipinski definition) is 1. The second-order valence-electron chi connectivity index (χ2n) is 5.72. The van der Waals surface area contributed by atoms with Crippen molar-refractivity contribution in [2.75, 3.05) is 18.0 Å². The largest absolute Gasteiger partial charge is 0.481 e. The van der Waals surface area contributed by atoms with Crippen LogP contribution in [0.15, 0.2) is 0 Å². The highest BCUT2D eigenvalue weighted by molar-refractivity contribution is 7.09. The van der Waals surface area contributed by atoms with Gasteiger partial charge in [-0.1, -0.05) is 13.3 Å². The number of rotatable bonds is 5. The lowest BCUT2D eigenvalue weighted by Gasteiger charge is -2.23. The average molecular weight is 281 g/mol. The van der Waals surface area contributed by atoms with Gasteiger partial charge in [-0.15, -0.1) is 0 Å². The minimum atomic E-state index is -0.663. The number of anilines is 1. The van der Waals surface area contributed by atoms with Gasteiger partial charge >= 0.3 is 5.97 Å². The van der Waals surface area contributed by atoms with Gasteiger partial charge in [0, 0.05) is 30.5 Å². The van der Waals surface area contributed by atoms with Crippen LogP contribution in [0.3, 0.4) is 0 Å². The summed E-state index contributed by atoms with van der Waals surface area (Å²) >= 11 is 1.42. The topological polar surface area (TPSA) is 66.3 Å². The molecule has 0 spiro atoms. The summed E-state index contributed by atoms with van der Waals surface area (Å²) in [5.74, 6) is 0.861. The van der Waals surface area contributed by atoms with Crippen LogP contribution in [-0.4, -0.2) is 33.5 Å². The summed E-state index contributed by atoms with van der Waals surface area (Å²) in [5.41, 5.74) is -0.583. The van der Waals surface area contributed by atoms with Crippen molar-refractivity contribution < 1.29 is 9.90 Å². The highest BCUT2D eigenvalue weighted by Gasteiger charge is 2.45. The van der Waals surface area contributed by atoms with Crippen molar-refractivity contribution in [2.24, 2.45) is 5.41 Å². The first kappa shape index (κ1) is 12.8. The molecule has 1 aliphatic carbocycles. The van der Waals surface area contributed by atoms with Gasteiger partial charge in [0.1, 0.15) is 5.82 Å². The van der Waals surface area contributed by atoms with E-state index in [-0.39, 0.29) is 0 Å². The summed E-state index contributed by atoms with van der Waals surface area (Å²) in [6.07, 6.45) is 4.77. The Labute approximate surface area is 116 Å². The van der Waals surface area contributed by atoms with Crippen LogP contribution in [0, 0.1) is 5.41 Å². The summed E-state index contributed by atoms with van der Waals surface area (Å²) in [6, 6.07) is 0. The summed E-state index contributed by atoms with van der Waals surface area (Å²) in [5, 5.41) is 10.4. The zero-order valence-corrected chi connectivity index (χ0v) is 11.9. The number of carboxylic acids is 1. The second-order valence-corrected chi connectivity index (χ2v) is 6.45. The van der Waals surface area contributed by atoms with E-state index in [4.69, 9.17) is 0 Å². The van der Waals surface area contributed by atoms with E-state index in [2.05, 4.69) is 14.3 Å². The maximum atomic E-state index is 11.6. The van der Waals surface area contributed by atoms with Crippen LogP contribution < -0.4 is 4.90 Å². The van der Waals surface area contributed by atoms with Gasteiger partial charge in [0.05, 0.1) is 5.41 Å². The molecule has 2 fully saturated rings. The summed E-state index contributed by atoms with van der Waals surface area (Å²) < 4.78 is 4.40. The molecule has 1 N–H and O–H groups in total. The molecule has 104 valence electrons. The molecule has 19 heavy (non-hydrogen) atoms. The Morgan fingerprint density at radius 2 is 2.37 bits per heavy atom. The molecule has 1 aromatic heterocycles. The quantitative estimate of drug-likeness (QED) is 0.898. The minimum absolute atomic E-state index is 0.562. The Kier molecular flexibility index (Phi) is 3.20. The second kappa shape index (κ2) is 4.74. The van der Waals surface area contributed by atoms with E-state index in [1.54, 1.807) is 0 Å². The van der Waals surface area contributed by atoms with Crippen LogP contribution >= 0.6 is 11.5 Å². The Balaban J connectivity index is 1.74. The lowest BCUT2D eigenvalue weighted by molar-refractivity contribution is -0.148. The van der Waals surface area contributed by atoms with Crippen molar-refractivity contribution in [3.63, 3.8) is 0 Å². The number of carboxylic acid groups (broad SMARTS) is 1. The zero-order valence-electron chi connectivity index (χ0n) is 11.1. The fourth-order valence-corrected chi connectivity index (χ4v) is 3.63. The van der Waals surface area contributed by atoms with E-state index in [1.807, 2.05) is 6.92 Å². The smallest absolute Gasteiger partial charge is 0.311 e. The molecule has 5 nitrogen and oxygen atoms in total. The average Bonchev–Trinajstić information content (AvgIpc) is 2.95. The molecule has 1 aliphatic heterocycles. The van der Waals surface area contributed by atoms with Crippen LogP contribution in [0.2, 0.25) is 0 Å². The van der Waals surface area contributed by atoms with Crippen LogP contribution in [0.4, 0.5) is 5.13 Å². The molecule has 0 aromatic carbocycles. The third kappa shape index (κ3) is 2.33. The van der Waals surface area contributed by atoms with Crippen LogP contribution in [0.1, 0.15) is 50.8 Å². The SMILES string of the molecule is CCCC1(C(=O)O)CCN(c2nc(C3CC3)ns2)C1. The van der Waals surface area contributed by atoms with E-state index in [0.29, 0.717) is 18.9 Å². The number of carbonyl (C=O) groups is 1. The van der Waals surface area contributed by atoms with Crippen LogP contribution in [0.25, 0.3) is 0 Å². The number of nitrogens with zero attached hydrogens (tertiary/aromatic N) is 3. The predicted molar refractivity (Wildman–Crippen MR) is 73.7 cm³/mol. The van der Waals surface area contributed by atoms with E-state index in [9.17, 15) is 9.90 Å². The molecule has 2 aliphatic rings. The fourth-order valence-electron chi connectivity index (χ4n) is 2.86. The van der Waals surface area contributed by atoms with Crippen molar-refractivity contribution in [2.45, 2.75) is 44.9 Å². The molecule has 2 heterocycles. The Hall–Kier alpha value is -1.17. The highest BCUT2D eigenvalue weighted by atomic mass is 32.1. The van der Waals surface area contributed by atoms with E-state index >= 15 is 0 Å². The van der Waals surface area contributed by atoms with Gasteiger partial charge in [0.2, 0.25) is 5.13 Å². The van der Waals surface area contributed by atoms with Gasteiger partial charge < -0.3 is 10.0 Å². The van der Waals surface area contributed by atoms with Gasteiger partial charge in [-0.05, 0) is 25.7 Å². The summed E-state index contributed by atoms with van der Waals surface area (Å²) in [7, 11) is 0. The molecule has 6 heteroatoms. The molecule has 0 amide bonds. The molecule has 1 atom stereocenters. The third-order valence-corrected chi connectivity index (χ3v) is 4.97. The lowest BCUT2D eigenvalue weighted by Crippen LogP contribution is -2.34. The maximum absolute atomic E-state index is 11.6. The Morgan fingerprint density at radius 3 is 3.00 bits per heavy atom. The van der Waals surface area contributed by atoms with Gasteiger partial charge in [-0.3, -0.25) is 4.79 Å². The molecule has 1 saturated heterocycles. The first-order valence-electron chi connectivity index (χ1n) is 6.96. The molecular weight excluding hydrogens is 262 g/mol. The highest BCUT2D eigenvalue weighted by Crippen LogP contribution is 2.42. The van der Waals surface area contributed by atoms with E-state index in [1.165, 1.54) is 24.4 Å². The predicted octanol–water partition coefficient (Wildman–Crippen LogP) is 2.50. The standard InChI is InChI=1S/C13H19N3O2S/c1-2-5-13(11(17)18)6-7-16(8-13)12-14-10(15-19-12)9-3-4-9/h9H,2-8H2,1H3,(H,17,18). The minimum Gasteiger partial charge on any atom is -0.481 e. The molecule has 1 unspecified atom stereocenters. The van der Waals surface area contributed by atoms with Crippen molar-refractivity contribution in [1.29, 1.82) is 0 Å². The van der Waals surface area contributed by atoms with Crippen molar-refractivity contribution in [3.05, 3.63) is 5.82 Å². The first-order valence-corrected chi connectivity index (χ1v) is 7.74.